The molecule has 3 aromatic rings. The number of aromatic hydroxyl groups is 1. The van der Waals surface area contributed by atoms with E-state index >= 15 is 0 Å². The Morgan fingerprint density at radius 3 is 2.62 bits per heavy atom. The summed E-state index contributed by atoms with van der Waals surface area (Å²) in [7, 11) is 0. The van der Waals surface area contributed by atoms with Crippen LogP contribution in [0.15, 0.2) is 60.7 Å². The first kappa shape index (κ1) is 17.7. The maximum Gasteiger partial charge on any atom is 0.262 e. The van der Waals surface area contributed by atoms with Crippen LogP contribution in [-0.4, -0.2) is 24.2 Å². The highest BCUT2D eigenvalue weighted by molar-refractivity contribution is 6.32. The monoisotopic (exact) mass is 408 g/mol. The molecule has 0 fully saturated rings. The summed E-state index contributed by atoms with van der Waals surface area (Å²) in [5.41, 5.74) is 2.71. The second kappa shape index (κ2) is 6.90. The van der Waals surface area contributed by atoms with Crippen molar-refractivity contribution in [1.29, 1.82) is 0 Å². The molecule has 1 atom stereocenters. The molecule has 2 aliphatic heterocycles. The van der Waals surface area contributed by atoms with Gasteiger partial charge in [0.05, 0.1) is 16.3 Å². The molecule has 2 aliphatic rings. The molecule has 29 heavy (non-hydrogen) atoms. The number of fused-ring (bicyclic) bond motifs is 2. The fourth-order valence-corrected chi connectivity index (χ4v) is 3.82. The fourth-order valence-electron chi connectivity index (χ4n) is 3.63. The topological polar surface area (TPSA) is 71.0 Å². The summed E-state index contributed by atoms with van der Waals surface area (Å²) >= 11 is 6.14. The Morgan fingerprint density at radius 2 is 1.79 bits per heavy atom. The number of amides is 1. The molecular weight excluding hydrogens is 392 g/mol. The molecule has 2 N–H and O–H groups in total. The van der Waals surface area contributed by atoms with Crippen molar-refractivity contribution in [2.24, 2.45) is 0 Å². The summed E-state index contributed by atoms with van der Waals surface area (Å²) in [5.74, 6) is 1.10. The van der Waals surface area contributed by atoms with E-state index < -0.39 is 6.17 Å². The second-order valence-electron chi connectivity index (χ2n) is 6.81. The van der Waals surface area contributed by atoms with Crippen molar-refractivity contribution in [3.05, 3.63) is 76.8 Å². The molecule has 5 rings (SSSR count). The van der Waals surface area contributed by atoms with E-state index in [1.165, 1.54) is 6.07 Å². The third kappa shape index (κ3) is 3.02. The lowest BCUT2D eigenvalue weighted by molar-refractivity contribution is 0.0974. The molecule has 0 saturated carbocycles. The lowest BCUT2D eigenvalue weighted by atomic mass is 10.0. The molecule has 0 radical (unpaired) electrons. The maximum atomic E-state index is 13.5. The van der Waals surface area contributed by atoms with Crippen LogP contribution in [0.3, 0.4) is 0 Å². The molecule has 0 bridgehead atoms. The molecule has 1 unspecified atom stereocenters. The highest BCUT2D eigenvalue weighted by Gasteiger charge is 2.35. The van der Waals surface area contributed by atoms with Crippen LogP contribution >= 0.6 is 11.6 Å². The third-order valence-electron chi connectivity index (χ3n) is 5.02. The van der Waals surface area contributed by atoms with E-state index in [1.54, 1.807) is 35.2 Å². The number of para-hydroxylation sites is 1. The quantitative estimate of drug-likeness (QED) is 0.649. The molecule has 1 amide bonds. The summed E-state index contributed by atoms with van der Waals surface area (Å²) in [5, 5.41) is 13.4. The average molecular weight is 409 g/mol. The Bertz CT molecular complexity index is 1120. The zero-order chi connectivity index (χ0) is 20.0. The van der Waals surface area contributed by atoms with Gasteiger partial charge >= 0.3 is 0 Å². The zero-order valence-electron chi connectivity index (χ0n) is 15.3. The predicted molar refractivity (Wildman–Crippen MR) is 110 cm³/mol. The average Bonchev–Trinajstić information content (AvgIpc) is 2.75. The molecule has 0 spiro atoms. The van der Waals surface area contributed by atoms with Gasteiger partial charge in [0.25, 0.3) is 5.91 Å². The first-order valence-electron chi connectivity index (χ1n) is 9.19. The molecule has 3 aromatic carbocycles. The van der Waals surface area contributed by atoms with Crippen molar-refractivity contribution in [2.75, 3.05) is 23.4 Å². The SMILES string of the molecule is O=C1c2ccccc2NC(c2ccc(O)c(Cl)c2)N1c1ccc2c(c1)OCCO2. The van der Waals surface area contributed by atoms with Crippen LogP contribution in [0.25, 0.3) is 0 Å². The van der Waals surface area contributed by atoms with Gasteiger partial charge in [0, 0.05) is 11.8 Å². The number of rotatable bonds is 2. The number of anilines is 2. The van der Waals surface area contributed by atoms with Gasteiger partial charge in [0.15, 0.2) is 11.5 Å². The smallest absolute Gasteiger partial charge is 0.262 e. The predicted octanol–water partition coefficient (Wildman–Crippen LogP) is 4.59. The minimum atomic E-state index is -0.516. The number of halogens is 1. The van der Waals surface area contributed by atoms with Gasteiger partial charge in [-0.2, -0.15) is 0 Å². The molecule has 6 nitrogen and oxygen atoms in total. The van der Waals surface area contributed by atoms with Crippen molar-refractivity contribution in [1.82, 2.24) is 0 Å². The normalized spacial score (nSPS) is 17.5. The molecule has 0 aliphatic carbocycles. The van der Waals surface area contributed by atoms with Crippen LogP contribution in [0.2, 0.25) is 5.02 Å². The van der Waals surface area contributed by atoms with Gasteiger partial charge in [-0.05, 0) is 42.0 Å². The van der Waals surface area contributed by atoms with Crippen LogP contribution in [0, 0.1) is 0 Å². The highest BCUT2D eigenvalue weighted by atomic mass is 35.5. The van der Waals surface area contributed by atoms with Crippen molar-refractivity contribution < 1.29 is 19.4 Å². The highest BCUT2D eigenvalue weighted by Crippen LogP contribution is 2.41. The standard InChI is InChI=1S/C22H17ClN2O4/c23-16-11-13(5-7-18(16)26)21-24-17-4-2-1-3-15(17)22(27)25(21)14-6-8-19-20(12-14)29-10-9-28-19/h1-8,11-12,21,24,26H,9-10H2. The van der Waals surface area contributed by atoms with E-state index in [0.29, 0.717) is 36.0 Å². The van der Waals surface area contributed by atoms with Crippen molar-refractivity contribution in [3.63, 3.8) is 0 Å². The Balaban J connectivity index is 1.64. The zero-order valence-corrected chi connectivity index (χ0v) is 16.0. The summed E-state index contributed by atoms with van der Waals surface area (Å²) in [6.07, 6.45) is -0.516. The lowest BCUT2D eigenvalue weighted by Gasteiger charge is -2.38. The molecule has 0 aromatic heterocycles. The number of phenols is 1. The van der Waals surface area contributed by atoms with Gasteiger partial charge in [-0.1, -0.05) is 29.8 Å². The number of ether oxygens (including phenoxy) is 2. The molecule has 7 heteroatoms. The van der Waals surface area contributed by atoms with Crippen LogP contribution in [0.5, 0.6) is 17.2 Å². The Hall–Kier alpha value is -3.38. The Morgan fingerprint density at radius 1 is 1.00 bits per heavy atom. The Labute approximate surface area is 172 Å². The van der Waals surface area contributed by atoms with Gasteiger partial charge in [0.1, 0.15) is 25.1 Å². The summed E-state index contributed by atoms with van der Waals surface area (Å²) in [6.45, 7) is 0.959. The number of benzene rings is 3. The molecular formula is C22H17ClN2O4. The van der Waals surface area contributed by atoms with Crippen molar-refractivity contribution in [2.45, 2.75) is 6.17 Å². The van der Waals surface area contributed by atoms with Crippen molar-refractivity contribution in [3.8, 4) is 17.2 Å². The number of nitrogens with one attached hydrogen (secondary N) is 1. The van der Waals surface area contributed by atoms with E-state index in [2.05, 4.69) is 5.32 Å². The summed E-state index contributed by atoms with van der Waals surface area (Å²) < 4.78 is 11.3. The van der Waals surface area contributed by atoms with Gasteiger partial charge in [-0.3, -0.25) is 9.69 Å². The number of hydrogen-bond acceptors (Lipinski definition) is 5. The summed E-state index contributed by atoms with van der Waals surface area (Å²) in [6, 6.07) is 17.7. The number of hydrogen-bond donors (Lipinski definition) is 2. The summed E-state index contributed by atoms with van der Waals surface area (Å²) in [4.78, 5) is 15.1. The van der Waals surface area contributed by atoms with Gasteiger partial charge in [0.2, 0.25) is 0 Å². The van der Waals surface area contributed by atoms with Gasteiger partial charge in [-0.15, -0.1) is 0 Å². The van der Waals surface area contributed by atoms with E-state index in [4.69, 9.17) is 21.1 Å². The van der Waals surface area contributed by atoms with E-state index in [9.17, 15) is 9.90 Å². The van der Waals surface area contributed by atoms with Gasteiger partial charge in [-0.25, -0.2) is 0 Å². The van der Waals surface area contributed by atoms with Crippen LogP contribution in [-0.2, 0) is 0 Å². The first-order chi connectivity index (χ1) is 14.1. The minimum Gasteiger partial charge on any atom is -0.506 e. The minimum absolute atomic E-state index is 0.0103. The van der Waals surface area contributed by atoms with Crippen LogP contribution < -0.4 is 19.7 Å². The number of carbonyl (C=O) groups excluding carboxylic acids is 1. The number of phenolic OH excluding ortho intramolecular Hbond substituents is 1. The third-order valence-corrected chi connectivity index (χ3v) is 5.32. The van der Waals surface area contributed by atoms with Crippen molar-refractivity contribution >= 4 is 28.9 Å². The lowest BCUT2D eigenvalue weighted by Crippen LogP contribution is -2.43. The molecule has 2 heterocycles. The fraction of sp³-hybridized carbons (Fsp3) is 0.136. The van der Waals surface area contributed by atoms with E-state index in [1.807, 2.05) is 24.3 Å². The number of nitrogens with zero attached hydrogens (tertiary/aromatic N) is 1. The first-order valence-corrected chi connectivity index (χ1v) is 9.57. The largest absolute Gasteiger partial charge is 0.506 e. The molecule has 146 valence electrons. The maximum absolute atomic E-state index is 13.5. The van der Waals surface area contributed by atoms with Gasteiger partial charge < -0.3 is 19.9 Å². The number of carbonyl (C=O) groups is 1. The van der Waals surface area contributed by atoms with Crippen LogP contribution in [0.1, 0.15) is 22.1 Å². The van der Waals surface area contributed by atoms with E-state index in [0.717, 1.165) is 11.3 Å². The molecule has 0 saturated heterocycles. The van der Waals surface area contributed by atoms with Crippen LogP contribution in [0.4, 0.5) is 11.4 Å². The second-order valence-corrected chi connectivity index (χ2v) is 7.21. The van der Waals surface area contributed by atoms with E-state index in [-0.39, 0.29) is 16.7 Å². The Kier molecular flexibility index (Phi) is 4.21.